The summed E-state index contributed by atoms with van der Waals surface area (Å²) in [4.78, 5) is 10.6. The number of hydrogen-bond donors (Lipinski definition) is 1. The summed E-state index contributed by atoms with van der Waals surface area (Å²) in [6.45, 7) is 0. The number of benzene rings is 2. The van der Waals surface area contributed by atoms with Gasteiger partial charge in [-0.1, -0.05) is 30.3 Å². The maximum Gasteiger partial charge on any atom is 0.534 e. The van der Waals surface area contributed by atoms with E-state index in [0.29, 0.717) is 11.1 Å². The first-order chi connectivity index (χ1) is 11.5. The van der Waals surface area contributed by atoms with Gasteiger partial charge in [0.2, 0.25) is 0 Å². The summed E-state index contributed by atoms with van der Waals surface area (Å²) in [6.07, 6.45) is -0.198. The molecule has 0 bridgehead atoms. The van der Waals surface area contributed by atoms with Crippen LogP contribution in [0.15, 0.2) is 42.5 Å². The van der Waals surface area contributed by atoms with Crippen molar-refractivity contribution in [3.05, 3.63) is 53.8 Å². The van der Waals surface area contributed by atoms with Gasteiger partial charge in [0, 0.05) is 0 Å². The number of aliphatic carboxylic acids is 1. The lowest BCUT2D eigenvalue weighted by atomic mass is 10.0. The number of alkyl halides is 3. The van der Waals surface area contributed by atoms with Crippen LogP contribution in [-0.4, -0.2) is 25.0 Å². The molecule has 25 heavy (non-hydrogen) atoms. The molecule has 0 saturated carbocycles. The smallest absolute Gasteiger partial charge is 0.481 e. The summed E-state index contributed by atoms with van der Waals surface area (Å²) in [5, 5.41) is 8.68. The van der Waals surface area contributed by atoms with Gasteiger partial charge < -0.3 is 9.29 Å². The van der Waals surface area contributed by atoms with Gasteiger partial charge in [0.25, 0.3) is 0 Å². The van der Waals surface area contributed by atoms with E-state index in [0.717, 1.165) is 12.1 Å². The van der Waals surface area contributed by atoms with Crippen molar-refractivity contribution in [2.24, 2.45) is 0 Å². The van der Waals surface area contributed by atoms with Crippen LogP contribution in [0, 0.1) is 5.82 Å². The fraction of sp³-hybridized carbons (Fsp3) is 0.133. The first-order valence-electron chi connectivity index (χ1n) is 6.61. The highest BCUT2D eigenvalue weighted by Crippen LogP contribution is 2.31. The van der Waals surface area contributed by atoms with E-state index in [-0.39, 0.29) is 12.0 Å². The van der Waals surface area contributed by atoms with E-state index >= 15 is 0 Å². The van der Waals surface area contributed by atoms with Crippen molar-refractivity contribution >= 4 is 16.1 Å². The average Bonchev–Trinajstić information content (AvgIpc) is 2.48. The Morgan fingerprint density at radius 1 is 1.04 bits per heavy atom. The third-order valence-corrected chi connectivity index (χ3v) is 4.02. The van der Waals surface area contributed by atoms with Gasteiger partial charge in [0.1, 0.15) is 0 Å². The molecule has 0 radical (unpaired) electrons. The van der Waals surface area contributed by atoms with Crippen LogP contribution in [0.25, 0.3) is 11.1 Å². The molecule has 0 aromatic heterocycles. The normalized spacial score (nSPS) is 12.0. The van der Waals surface area contributed by atoms with E-state index in [2.05, 4.69) is 4.18 Å². The lowest BCUT2D eigenvalue weighted by molar-refractivity contribution is -0.136. The summed E-state index contributed by atoms with van der Waals surface area (Å²) in [5.41, 5.74) is -4.46. The highest BCUT2D eigenvalue weighted by atomic mass is 32.2. The second-order valence-electron chi connectivity index (χ2n) is 4.90. The maximum absolute atomic E-state index is 13.9. The van der Waals surface area contributed by atoms with E-state index in [9.17, 15) is 30.8 Å². The van der Waals surface area contributed by atoms with Crippen LogP contribution < -0.4 is 4.18 Å². The Hall–Kier alpha value is -2.62. The van der Waals surface area contributed by atoms with Crippen LogP contribution in [0.1, 0.15) is 5.56 Å². The summed E-state index contributed by atoms with van der Waals surface area (Å²) in [5.74, 6) is -3.39. The molecule has 5 nitrogen and oxygen atoms in total. The molecule has 0 atom stereocenters. The molecule has 0 unspecified atom stereocenters. The molecular weight excluding hydrogens is 368 g/mol. The van der Waals surface area contributed by atoms with Crippen LogP contribution in [0.2, 0.25) is 0 Å². The molecule has 134 valence electrons. The number of halogens is 4. The molecule has 2 aromatic rings. The highest BCUT2D eigenvalue weighted by Gasteiger charge is 2.48. The van der Waals surface area contributed by atoms with Crippen molar-refractivity contribution in [3.8, 4) is 16.9 Å². The standard InChI is InChI=1S/C15H10F4O5S/c16-12-8-11(10-3-1-9(2-4-10)7-14(20)21)5-6-13(12)24-25(22,23)15(17,18)19/h1-6,8H,7H2,(H,20,21). The van der Waals surface area contributed by atoms with Crippen molar-refractivity contribution in [2.45, 2.75) is 11.9 Å². The molecule has 0 aliphatic rings. The van der Waals surface area contributed by atoms with Gasteiger partial charge in [-0.05, 0) is 28.8 Å². The Balaban J connectivity index is 2.26. The summed E-state index contributed by atoms with van der Waals surface area (Å²) < 4.78 is 76.2. The lowest BCUT2D eigenvalue weighted by Crippen LogP contribution is -2.28. The molecule has 0 amide bonds. The topological polar surface area (TPSA) is 80.7 Å². The van der Waals surface area contributed by atoms with Crippen LogP contribution >= 0.6 is 0 Å². The molecule has 0 aliphatic heterocycles. The van der Waals surface area contributed by atoms with Crippen molar-refractivity contribution in [2.75, 3.05) is 0 Å². The molecule has 0 saturated heterocycles. The Morgan fingerprint density at radius 2 is 1.60 bits per heavy atom. The largest absolute Gasteiger partial charge is 0.534 e. The minimum absolute atomic E-state index is 0.198. The fourth-order valence-corrected chi connectivity index (χ4v) is 2.37. The molecule has 1 N–H and O–H groups in total. The van der Waals surface area contributed by atoms with Gasteiger partial charge in [-0.15, -0.1) is 0 Å². The van der Waals surface area contributed by atoms with E-state index < -0.39 is 33.2 Å². The summed E-state index contributed by atoms with van der Waals surface area (Å²) in [7, 11) is -5.96. The minimum Gasteiger partial charge on any atom is -0.481 e. The van der Waals surface area contributed by atoms with E-state index in [1.807, 2.05) is 0 Å². The van der Waals surface area contributed by atoms with Crippen LogP contribution in [0.5, 0.6) is 5.75 Å². The molecule has 0 fully saturated rings. The van der Waals surface area contributed by atoms with E-state index in [4.69, 9.17) is 5.11 Å². The Kier molecular flexibility index (Phi) is 5.02. The predicted octanol–water partition coefficient (Wildman–Crippen LogP) is 3.35. The molecular formula is C15H10F4O5S. The molecule has 10 heteroatoms. The van der Waals surface area contributed by atoms with Gasteiger partial charge in [0.05, 0.1) is 6.42 Å². The first-order valence-corrected chi connectivity index (χ1v) is 8.02. The van der Waals surface area contributed by atoms with Crippen molar-refractivity contribution < 1.29 is 40.1 Å². The quantitative estimate of drug-likeness (QED) is 0.490. The fourth-order valence-electron chi connectivity index (χ4n) is 1.90. The number of hydrogen-bond acceptors (Lipinski definition) is 4. The van der Waals surface area contributed by atoms with Gasteiger partial charge in [-0.3, -0.25) is 4.79 Å². The van der Waals surface area contributed by atoms with Crippen LogP contribution in [-0.2, 0) is 21.3 Å². The van der Waals surface area contributed by atoms with Gasteiger partial charge in [-0.25, -0.2) is 4.39 Å². The lowest BCUT2D eigenvalue weighted by Gasteiger charge is -2.11. The third-order valence-electron chi connectivity index (χ3n) is 3.06. The maximum atomic E-state index is 13.9. The molecule has 2 aromatic carbocycles. The summed E-state index contributed by atoms with van der Waals surface area (Å²) in [6, 6.07) is 8.75. The zero-order valence-corrected chi connectivity index (χ0v) is 13.1. The molecule has 0 aliphatic carbocycles. The van der Waals surface area contributed by atoms with Gasteiger partial charge in [0.15, 0.2) is 11.6 Å². The van der Waals surface area contributed by atoms with Crippen LogP contribution in [0.3, 0.4) is 0 Å². The monoisotopic (exact) mass is 378 g/mol. The highest BCUT2D eigenvalue weighted by molar-refractivity contribution is 7.88. The Labute approximate surface area is 139 Å². The molecule has 0 spiro atoms. The Morgan fingerprint density at radius 3 is 2.08 bits per heavy atom. The van der Waals surface area contributed by atoms with E-state index in [1.165, 1.54) is 30.3 Å². The second-order valence-corrected chi connectivity index (χ2v) is 6.43. The minimum atomic E-state index is -5.96. The van der Waals surface area contributed by atoms with Crippen molar-refractivity contribution in [3.63, 3.8) is 0 Å². The number of carboxylic acids is 1. The van der Waals surface area contributed by atoms with E-state index in [1.54, 1.807) is 0 Å². The third kappa shape index (κ3) is 4.47. The number of carbonyl (C=O) groups is 1. The SMILES string of the molecule is O=C(O)Cc1ccc(-c2ccc(OS(=O)(=O)C(F)(F)F)c(F)c2)cc1. The first kappa shape index (κ1) is 18.7. The van der Waals surface area contributed by atoms with Crippen LogP contribution in [0.4, 0.5) is 17.6 Å². The predicted molar refractivity (Wildman–Crippen MR) is 78.8 cm³/mol. The number of rotatable bonds is 5. The zero-order chi connectivity index (χ0) is 18.8. The zero-order valence-electron chi connectivity index (χ0n) is 12.2. The second kappa shape index (κ2) is 6.71. The molecule has 0 heterocycles. The van der Waals surface area contributed by atoms with Crippen molar-refractivity contribution in [1.82, 2.24) is 0 Å². The van der Waals surface area contributed by atoms with Gasteiger partial charge in [-0.2, -0.15) is 21.6 Å². The number of carboxylic acid groups (broad SMARTS) is 1. The van der Waals surface area contributed by atoms with Crippen molar-refractivity contribution in [1.29, 1.82) is 0 Å². The summed E-state index contributed by atoms with van der Waals surface area (Å²) >= 11 is 0. The molecule has 2 rings (SSSR count). The Bertz CT molecular complexity index is 889. The van der Waals surface area contributed by atoms with Gasteiger partial charge >= 0.3 is 21.6 Å². The average molecular weight is 378 g/mol.